The predicted molar refractivity (Wildman–Crippen MR) is 137 cm³/mol. The average molecular weight is 444 g/mol. The molecule has 0 amide bonds. The summed E-state index contributed by atoms with van der Waals surface area (Å²) in [5.41, 5.74) is 2.61. The molecule has 1 heteroatoms. The number of nitrogens with one attached hydrogen (secondary N) is 1. The third kappa shape index (κ3) is 2.89. The van der Waals surface area contributed by atoms with Gasteiger partial charge in [0.05, 0.1) is 0 Å². The Morgan fingerprint density at radius 1 is 0.818 bits per heavy atom. The number of hydrogen-bond acceptors (Lipinski definition) is 1. The molecule has 178 valence electrons. The van der Waals surface area contributed by atoms with E-state index in [0.29, 0.717) is 16.9 Å². The van der Waals surface area contributed by atoms with Crippen LogP contribution in [0.25, 0.3) is 0 Å². The molecular weight excluding hydrogens is 398 g/mol. The van der Waals surface area contributed by atoms with Gasteiger partial charge in [0.2, 0.25) is 0 Å². The highest BCUT2D eigenvalue weighted by molar-refractivity contribution is 5.30. The Hall–Kier alpha value is -1.24. The summed E-state index contributed by atoms with van der Waals surface area (Å²) in [6, 6.07) is 0.690. The zero-order chi connectivity index (χ0) is 22.0. The van der Waals surface area contributed by atoms with Gasteiger partial charge in [0, 0.05) is 11.7 Å². The second kappa shape index (κ2) is 7.89. The minimum absolute atomic E-state index is 0.546. The monoisotopic (exact) mass is 443 g/mol. The lowest BCUT2D eigenvalue weighted by molar-refractivity contribution is -0.0245. The summed E-state index contributed by atoms with van der Waals surface area (Å²) in [5.74, 6) is 6.53. The van der Waals surface area contributed by atoms with E-state index < -0.39 is 0 Å². The van der Waals surface area contributed by atoms with Crippen molar-refractivity contribution in [3.8, 4) is 0 Å². The highest BCUT2D eigenvalue weighted by Crippen LogP contribution is 2.79. The first-order valence-electron chi connectivity index (χ1n) is 14.7. The Labute approximate surface area is 202 Å². The van der Waals surface area contributed by atoms with E-state index in [4.69, 9.17) is 0 Å². The van der Waals surface area contributed by atoms with Crippen LogP contribution in [0, 0.1) is 52.3 Å². The van der Waals surface area contributed by atoms with E-state index in [0.717, 1.165) is 41.4 Å². The molecule has 0 heterocycles. The fourth-order valence-electron chi connectivity index (χ4n) is 11.4. The fourth-order valence-corrected chi connectivity index (χ4v) is 11.4. The lowest BCUT2D eigenvalue weighted by atomic mass is 9.52. The van der Waals surface area contributed by atoms with Gasteiger partial charge in [0.1, 0.15) is 0 Å². The van der Waals surface area contributed by atoms with E-state index in [2.05, 4.69) is 54.8 Å². The van der Waals surface area contributed by atoms with E-state index >= 15 is 0 Å². The van der Waals surface area contributed by atoms with Crippen LogP contribution in [-0.2, 0) is 0 Å². The summed E-state index contributed by atoms with van der Waals surface area (Å²) in [6.07, 6.45) is 36.1. The molecule has 4 saturated carbocycles. The second-order valence-electron chi connectivity index (χ2n) is 13.2. The summed E-state index contributed by atoms with van der Waals surface area (Å²) in [6.45, 7) is 2.78. The van der Waals surface area contributed by atoms with E-state index in [9.17, 15) is 0 Å². The summed E-state index contributed by atoms with van der Waals surface area (Å²) in [7, 11) is 0. The first kappa shape index (κ1) is 21.1. The molecule has 0 bridgehead atoms. The Balaban J connectivity index is 1.32. The van der Waals surface area contributed by atoms with Gasteiger partial charge in [-0.2, -0.15) is 0 Å². The van der Waals surface area contributed by atoms with Crippen molar-refractivity contribution in [3.63, 3.8) is 0 Å². The zero-order valence-corrected chi connectivity index (χ0v) is 20.9. The maximum absolute atomic E-state index is 4.09. The molecule has 0 aromatic rings. The Bertz CT molecular complexity index is 892. The third-order valence-corrected chi connectivity index (χ3v) is 12.3. The Morgan fingerprint density at radius 3 is 2.55 bits per heavy atom. The largest absolute Gasteiger partial charge is 0.386 e. The topological polar surface area (TPSA) is 12.0 Å². The lowest BCUT2D eigenvalue weighted by Gasteiger charge is -2.53. The molecule has 0 aliphatic heterocycles. The van der Waals surface area contributed by atoms with E-state index in [1.807, 2.05) is 0 Å². The Kier molecular flexibility index (Phi) is 5.04. The zero-order valence-electron chi connectivity index (χ0n) is 20.9. The van der Waals surface area contributed by atoms with Gasteiger partial charge in [-0.1, -0.05) is 56.2 Å². The standard InChI is InChI=1S/C32H45N/c1-31-20-19-23(33-22-11-3-2-4-12-22)21-30(31)32(29-18-10-9-17-28(29)31)26-15-7-5-13-24(26)25-14-6-8-16-27(25)32/h2-3,7,10-11,15,18,23-30,33H,4-6,8-9,12-14,16-17,19-21H2,1H3/t23?,24?,25?,26?,27?,28?,29?,30?,31-,32?/m1/s1. The first-order valence-corrected chi connectivity index (χ1v) is 14.7. The third-order valence-electron chi connectivity index (χ3n) is 12.3. The van der Waals surface area contributed by atoms with Crippen molar-refractivity contribution in [2.45, 2.75) is 96.4 Å². The molecule has 1 nitrogen and oxygen atoms in total. The minimum atomic E-state index is 0.546. The Morgan fingerprint density at radius 2 is 1.67 bits per heavy atom. The molecule has 7 aliphatic carbocycles. The van der Waals surface area contributed by atoms with Crippen LogP contribution >= 0.6 is 0 Å². The quantitative estimate of drug-likeness (QED) is 0.427. The fraction of sp³-hybridized carbons (Fsp3) is 0.750. The van der Waals surface area contributed by atoms with Crippen LogP contribution in [0.15, 0.2) is 48.2 Å². The van der Waals surface area contributed by atoms with Crippen molar-refractivity contribution >= 4 is 0 Å². The maximum atomic E-state index is 4.09. The first-order chi connectivity index (χ1) is 16.2. The van der Waals surface area contributed by atoms with Gasteiger partial charge in [-0.3, -0.25) is 0 Å². The van der Waals surface area contributed by atoms with Crippen LogP contribution in [0.4, 0.5) is 0 Å². The number of allylic oxidation sites excluding steroid dienone is 8. The molecule has 0 saturated heterocycles. The van der Waals surface area contributed by atoms with Gasteiger partial charge in [-0.25, -0.2) is 0 Å². The average Bonchev–Trinajstić information content (AvgIpc) is 3.29. The molecular formula is C32H45N. The molecule has 0 aromatic carbocycles. The van der Waals surface area contributed by atoms with Crippen molar-refractivity contribution in [1.29, 1.82) is 0 Å². The van der Waals surface area contributed by atoms with Gasteiger partial charge in [0.15, 0.2) is 0 Å². The summed E-state index contributed by atoms with van der Waals surface area (Å²) >= 11 is 0. The second-order valence-corrected chi connectivity index (χ2v) is 13.2. The van der Waals surface area contributed by atoms with Crippen LogP contribution in [0.2, 0.25) is 0 Å². The smallest absolute Gasteiger partial charge is 0.0261 e. The lowest BCUT2D eigenvalue weighted by Crippen LogP contribution is -2.50. The predicted octanol–water partition coefficient (Wildman–Crippen LogP) is 7.97. The summed E-state index contributed by atoms with van der Waals surface area (Å²) in [5, 5.41) is 4.09. The van der Waals surface area contributed by atoms with Gasteiger partial charge in [-0.05, 0) is 129 Å². The molecule has 33 heavy (non-hydrogen) atoms. The molecule has 7 aliphatic rings. The number of hydrogen-bond donors (Lipinski definition) is 1. The van der Waals surface area contributed by atoms with Crippen molar-refractivity contribution in [3.05, 3.63) is 48.2 Å². The maximum Gasteiger partial charge on any atom is 0.0261 e. The molecule has 0 aromatic heterocycles. The summed E-state index contributed by atoms with van der Waals surface area (Å²) in [4.78, 5) is 0. The van der Waals surface area contributed by atoms with Gasteiger partial charge < -0.3 is 5.32 Å². The number of fused-ring (bicyclic) bond motifs is 10. The van der Waals surface area contributed by atoms with E-state index in [1.165, 1.54) is 89.2 Å². The SMILES string of the molecule is C[C@]12CCC(NC3=CC=CCC3)CC1C1(C3C=CCCC3C3CCCCC31)C1C=CCCC12. The van der Waals surface area contributed by atoms with Crippen molar-refractivity contribution in [1.82, 2.24) is 5.32 Å². The molecule has 10 atom stereocenters. The van der Waals surface area contributed by atoms with Crippen LogP contribution in [0.3, 0.4) is 0 Å². The van der Waals surface area contributed by atoms with Crippen LogP contribution in [-0.4, -0.2) is 6.04 Å². The van der Waals surface area contributed by atoms with E-state index in [1.54, 1.807) is 0 Å². The molecule has 4 fully saturated rings. The number of rotatable bonds is 2. The molecule has 0 radical (unpaired) electrons. The van der Waals surface area contributed by atoms with E-state index in [-0.39, 0.29) is 0 Å². The van der Waals surface area contributed by atoms with Crippen LogP contribution in [0.5, 0.6) is 0 Å². The van der Waals surface area contributed by atoms with Crippen LogP contribution in [0.1, 0.15) is 90.4 Å². The highest BCUT2D eigenvalue weighted by atomic mass is 14.9. The summed E-state index contributed by atoms with van der Waals surface area (Å²) < 4.78 is 0. The van der Waals surface area contributed by atoms with Crippen molar-refractivity contribution in [2.75, 3.05) is 0 Å². The van der Waals surface area contributed by atoms with Gasteiger partial charge >= 0.3 is 0 Å². The molecule has 1 spiro atoms. The van der Waals surface area contributed by atoms with Crippen molar-refractivity contribution in [2.24, 2.45) is 52.3 Å². The molecule has 7 rings (SSSR count). The van der Waals surface area contributed by atoms with Gasteiger partial charge in [0.25, 0.3) is 0 Å². The molecule has 1 N–H and O–H groups in total. The highest BCUT2D eigenvalue weighted by Gasteiger charge is 2.74. The molecule has 9 unspecified atom stereocenters. The normalized spacial score (nSPS) is 52.1. The minimum Gasteiger partial charge on any atom is -0.386 e. The van der Waals surface area contributed by atoms with Crippen molar-refractivity contribution < 1.29 is 0 Å². The van der Waals surface area contributed by atoms with Crippen LogP contribution < -0.4 is 5.32 Å². The van der Waals surface area contributed by atoms with Gasteiger partial charge in [-0.15, -0.1) is 0 Å².